The summed E-state index contributed by atoms with van der Waals surface area (Å²) < 4.78 is 23.7. The molecule has 1 aliphatic rings. The van der Waals surface area contributed by atoms with Crippen LogP contribution < -0.4 is 5.32 Å². The van der Waals surface area contributed by atoms with E-state index >= 15 is 0 Å². The molecule has 3 nitrogen and oxygen atoms in total. The quantitative estimate of drug-likeness (QED) is 0.724. The van der Waals surface area contributed by atoms with Gasteiger partial charge in [-0.15, -0.1) is 0 Å². The average Bonchev–Trinajstić information content (AvgIpc) is 2.29. The number of rotatable bonds is 1. The molecule has 1 heterocycles. The summed E-state index contributed by atoms with van der Waals surface area (Å²) in [6.45, 7) is 7.16. The SMILES string of the molecule is CC(C)(C)S(=O)(=O)C1CCCNCC1. The lowest BCUT2D eigenvalue weighted by molar-refractivity contribution is 0.532. The predicted molar refractivity (Wildman–Crippen MR) is 59.2 cm³/mol. The van der Waals surface area contributed by atoms with Crippen LogP contribution in [-0.2, 0) is 9.84 Å². The Labute approximate surface area is 87.2 Å². The van der Waals surface area contributed by atoms with Crippen molar-refractivity contribution in [3.05, 3.63) is 0 Å². The van der Waals surface area contributed by atoms with Gasteiger partial charge < -0.3 is 5.32 Å². The van der Waals surface area contributed by atoms with Gasteiger partial charge in [0.25, 0.3) is 0 Å². The maximum absolute atomic E-state index is 12.1. The van der Waals surface area contributed by atoms with Crippen LogP contribution in [-0.4, -0.2) is 31.5 Å². The number of sulfone groups is 1. The lowest BCUT2D eigenvalue weighted by Crippen LogP contribution is -2.37. The van der Waals surface area contributed by atoms with E-state index in [1.807, 2.05) is 0 Å². The fraction of sp³-hybridized carbons (Fsp3) is 1.00. The Hall–Kier alpha value is -0.0900. The van der Waals surface area contributed by atoms with Crippen LogP contribution in [0.15, 0.2) is 0 Å². The largest absolute Gasteiger partial charge is 0.317 e. The van der Waals surface area contributed by atoms with E-state index in [0.29, 0.717) is 0 Å². The fourth-order valence-corrected chi connectivity index (χ4v) is 3.70. The van der Waals surface area contributed by atoms with Crippen molar-refractivity contribution in [3.8, 4) is 0 Å². The van der Waals surface area contributed by atoms with E-state index in [9.17, 15) is 8.42 Å². The fourth-order valence-electron chi connectivity index (χ4n) is 1.80. The molecule has 0 aromatic carbocycles. The topological polar surface area (TPSA) is 46.2 Å². The Morgan fingerprint density at radius 1 is 1.14 bits per heavy atom. The number of hydrogen-bond donors (Lipinski definition) is 1. The molecule has 0 amide bonds. The van der Waals surface area contributed by atoms with Gasteiger partial charge in [-0.1, -0.05) is 0 Å². The summed E-state index contributed by atoms with van der Waals surface area (Å²) in [7, 11) is -2.96. The van der Waals surface area contributed by atoms with Gasteiger partial charge in [0.1, 0.15) is 0 Å². The molecule has 1 atom stereocenters. The van der Waals surface area contributed by atoms with E-state index in [0.717, 1.165) is 32.4 Å². The molecule has 0 radical (unpaired) electrons. The molecule has 1 rings (SSSR count). The smallest absolute Gasteiger partial charge is 0.158 e. The molecule has 14 heavy (non-hydrogen) atoms. The van der Waals surface area contributed by atoms with Crippen LogP contribution >= 0.6 is 0 Å². The molecule has 1 saturated heterocycles. The average molecular weight is 219 g/mol. The van der Waals surface area contributed by atoms with Gasteiger partial charge in [-0.25, -0.2) is 8.42 Å². The third-order valence-corrected chi connectivity index (χ3v) is 5.87. The van der Waals surface area contributed by atoms with Crippen LogP contribution in [0, 0.1) is 0 Å². The van der Waals surface area contributed by atoms with Crippen LogP contribution in [0.1, 0.15) is 40.0 Å². The Morgan fingerprint density at radius 2 is 1.79 bits per heavy atom. The highest BCUT2D eigenvalue weighted by Gasteiger charge is 2.36. The van der Waals surface area contributed by atoms with Crippen molar-refractivity contribution in [3.63, 3.8) is 0 Å². The lowest BCUT2D eigenvalue weighted by atomic mass is 10.2. The summed E-state index contributed by atoms with van der Waals surface area (Å²) in [5, 5.41) is 3.10. The molecule has 1 fully saturated rings. The zero-order valence-corrected chi connectivity index (χ0v) is 10.2. The first-order valence-electron chi connectivity index (χ1n) is 5.30. The van der Waals surface area contributed by atoms with Gasteiger partial charge in [0, 0.05) is 0 Å². The zero-order chi connectivity index (χ0) is 10.8. The lowest BCUT2D eigenvalue weighted by Gasteiger charge is -2.25. The summed E-state index contributed by atoms with van der Waals surface area (Å²) >= 11 is 0. The molecule has 1 N–H and O–H groups in total. The van der Waals surface area contributed by atoms with Crippen molar-refractivity contribution >= 4 is 9.84 Å². The maximum atomic E-state index is 12.1. The number of nitrogens with one attached hydrogen (secondary N) is 1. The van der Waals surface area contributed by atoms with Crippen molar-refractivity contribution in [1.82, 2.24) is 5.32 Å². The van der Waals surface area contributed by atoms with Crippen LogP contribution in [0.3, 0.4) is 0 Å². The monoisotopic (exact) mass is 219 g/mol. The van der Waals surface area contributed by atoms with Gasteiger partial charge in [-0.2, -0.15) is 0 Å². The standard InChI is InChI=1S/C10H21NO2S/c1-10(2,3)14(12,13)9-5-4-7-11-8-6-9/h9,11H,4-8H2,1-3H3. The van der Waals surface area contributed by atoms with Gasteiger partial charge in [0.05, 0.1) is 10.00 Å². The molecule has 0 aromatic rings. The van der Waals surface area contributed by atoms with Gasteiger partial charge in [-0.05, 0) is 53.1 Å². The Bertz CT molecular complexity index is 269. The molecule has 0 saturated carbocycles. The van der Waals surface area contributed by atoms with Crippen molar-refractivity contribution in [1.29, 1.82) is 0 Å². The molecular weight excluding hydrogens is 198 g/mol. The molecule has 1 aliphatic heterocycles. The van der Waals surface area contributed by atoms with E-state index in [1.54, 1.807) is 20.8 Å². The highest BCUT2D eigenvalue weighted by Crippen LogP contribution is 2.26. The molecule has 4 heteroatoms. The zero-order valence-electron chi connectivity index (χ0n) is 9.34. The first kappa shape index (κ1) is 12.0. The van der Waals surface area contributed by atoms with E-state index in [1.165, 1.54) is 0 Å². The molecule has 0 aromatic heterocycles. The predicted octanol–water partition coefficient (Wildman–Crippen LogP) is 1.34. The minimum absolute atomic E-state index is 0.141. The van der Waals surface area contributed by atoms with Crippen LogP contribution in [0.4, 0.5) is 0 Å². The highest BCUT2D eigenvalue weighted by atomic mass is 32.2. The normalized spacial score (nSPS) is 25.8. The van der Waals surface area contributed by atoms with Gasteiger partial charge in [0.15, 0.2) is 9.84 Å². The Balaban J connectivity index is 2.81. The third kappa shape index (κ3) is 2.48. The summed E-state index contributed by atoms with van der Waals surface area (Å²) in [5.41, 5.74) is 0. The molecule has 0 bridgehead atoms. The van der Waals surface area contributed by atoms with E-state index < -0.39 is 14.6 Å². The molecule has 0 aliphatic carbocycles. The Morgan fingerprint density at radius 3 is 2.36 bits per heavy atom. The second-order valence-electron chi connectivity index (χ2n) is 4.96. The van der Waals surface area contributed by atoms with Gasteiger partial charge in [-0.3, -0.25) is 0 Å². The summed E-state index contributed by atoms with van der Waals surface area (Å²) in [6, 6.07) is 0. The minimum Gasteiger partial charge on any atom is -0.317 e. The van der Waals surface area contributed by atoms with Crippen LogP contribution in [0.2, 0.25) is 0 Å². The second kappa shape index (κ2) is 4.19. The Kier molecular flexibility index (Phi) is 3.58. The van der Waals surface area contributed by atoms with Crippen molar-refractivity contribution < 1.29 is 8.42 Å². The molecular formula is C10H21NO2S. The van der Waals surface area contributed by atoms with Gasteiger partial charge in [0.2, 0.25) is 0 Å². The highest BCUT2D eigenvalue weighted by molar-refractivity contribution is 7.93. The second-order valence-corrected chi connectivity index (χ2v) is 7.94. The van der Waals surface area contributed by atoms with Crippen LogP contribution in [0.25, 0.3) is 0 Å². The third-order valence-electron chi connectivity index (χ3n) is 2.82. The summed E-state index contributed by atoms with van der Waals surface area (Å²) in [4.78, 5) is 0. The summed E-state index contributed by atoms with van der Waals surface area (Å²) in [5.74, 6) is 0. The minimum atomic E-state index is -2.96. The maximum Gasteiger partial charge on any atom is 0.158 e. The molecule has 0 spiro atoms. The van der Waals surface area contributed by atoms with Crippen molar-refractivity contribution in [2.24, 2.45) is 0 Å². The van der Waals surface area contributed by atoms with Crippen molar-refractivity contribution in [2.75, 3.05) is 13.1 Å². The van der Waals surface area contributed by atoms with E-state index in [-0.39, 0.29) is 5.25 Å². The van der Waals surface area contributed by atoms with Gasteiger partial charge >= 0.3 is 0 Å². The van der Waals surface area contributed by atoms with E-state index in [2.05, 4.69) is 5.32 Å². The summed E-state index contributed by atoms with van der Waals surface area (Å²) in [6.07, 6.45) is 2.55. The first-order valence-corrected chi connectivity index (χ1v) is 6.84. The molecule has 84 valence electrons. The van der Waals surface area contributed by atoms with Crippen LogP contribution in [0.5, 0.6) is 0 Å². The molecule has 1 unspecified atom stereocenters. The van der Waals surface area contributed by atoms with Crippen molar-refractivity contribution in [2.45, 2.75) is 50.0 Å². The van der Waals surface area contributed by atoms with E-state index in [4.69, 9.17) is 0 Å². The first-order chi connectivity index (χ1) is 6.36. The number of hydrogen-bond acceptors (Lipinski definition) is 3.